The van der Waals surface area contributed by atoms with Crippen molar-refractivity contribution in [2.45, 2.75) is 44.6 Å². The van der Waals surface area contributed by atoms with E-state index in [9.17, 15) is 0 Å². The molecule has 2 aromatic rings. The minimum atomic E-state index is 0.480. The van der Waals surface area contributed by atoms with Crippen LogP contribution in [0.1, 0.15) is 44.6 Å². The van der Waals surface area contributed by atoms with E-state index in [1.54, 1.807) is 12.4 Å². The van der Waals surface area contributed by atoms with Gasteiger partial charge in [0.05, 0.1) is 22.3 Å². The van der Waals surface area contributed by atoms with Gasteiger partial charge in [-0.25, -0.2) is 0 Å². The summed E-state index contributed by atoms with van der Waals surface area (Å²) >= 11 is 11.7. The lowest BCUT2D eigenvalue weighted by molar-refractivity contribution is 0.450. The van der Waals surface area contributed by atoms with E-state index in [2.05, 4.69) is 14.5 Å². The SMILES string of the molecule is S=c1[nH]c2cncc(Cl)c2n1C1CCCCCC1. The average Bonchev–Trinajstić information content (AvgIpc) is 2.54. The molecule has 0 unspecified atom stereocenters. The van der Waals surface area contributed by atoms with Gasteiger partial charge in [0, 0.05) is 12.2 Å². The molecule has 96 valence electrons. The highest BCUT2D eigenvalue weighted by Crippen LogP contribution is 2.32. The van der Waals surface area contributed by atoms with Gasteiger partial charge in [-0.2, -0.15) is 0 Å². The van der Waals surface area contributed by atoms with E-state index in [1.807, 2.05) is 0 Å². The predicted molar refractivity (Wildman–Crippen MR) is 76.7 cm³/mol. The zero-order valence-corrected chi connectivity index (χ0v) is 11.7. The summed E-state index contributed by atoms with van der Waals surface area (Å²) in [4.78, 5) is 7.32. The van der Waals surface area contributed by atoms with Crippen LogP contribution in [0.4, 0.5) is 0 Å². The topological polar surface area (TPSA) is 33.6 Å². The molecule has 1 aliphatic rings. The van der Waals surface area contributed by atoms with Gasteiger partial charge >= 0.3 is 0 Å². The molecule has 0 amide bonds. The number of nitrogens with zero attached hydrogens (tertiary/aromatic N) is 2. The molecule has 1 fully saturated rings. The molecule has 2 heterocycles. The van der Waals surface area contributed by atoms with E-state index in [0.29, 0.717) is 11.1 Å². The van der Waals surface area contributed by atoms with Crippen LogP contribution in [-0.2, 0) is 0 Å². The van der Waals surface area contributed by atoms with E-state index >= 15 is 0 Å². The highest BCUT2D eigenvalue weighted by molar-refractivity contribution is 7.71. The van der Waals surface area contributed by atoms with Crippen molar-refractivity contribution in [1.29, 1.82) is 0 Å². The van der Waals surface area contributed by atoms with Crippen molar-refractivity contribution in [1.82, 2.24) is 14.5 Å². The number of aromatic amines is 1. The van der Waals surface area contributed by atoms with Gasteiger partial charge < -0.3 is 9.55 Å². The van der Waals surface area contributed by atoms with Gasteiger partial charge in [-0.05, 0) is 25.1 Å². The molecule has 0 aliphatic heterocycles. The Morgan fingerprint density at radius 3 is 2.67 bits per heavy atom. The fourth-order valence-electron chi connectivity index (χ4n) is 2.91. The first-order chi connectivity index (χ1) is 8.77. The summed E-state index contributed by atoms with van der Waals surface area (Å²) in [6, 6.07) is 0.480. The van der Waals surface area contributed by atoms with Gasteiger partial charge in [-0.15, -0.1) is 0 Å². The number of pyridine rings is 1. The zero-order chi connectivity index (χ0) is 12.5. The van der Waals surface area contributed by atoms with Crippen LogP contribution < -0.4 is 0 Å². The van der Waals surface area contributed by atoms with Gasteiger partial charge in [-0.3, -0.25) is 4.98 Å². The molecule has 0 atom stereocenters. The molecule has 2 aromatic heterocycles. The third kappa shape index (κ3) is 2.08. The third-order valence-electron chi connectivity index (χ3n) is 3.76. The molecule has 0 spiro atoms. The van der Waals surface area contributed by atoms with Crippen molar-refractivity contribution in [3.63, 3.8) is 0 Å². The van der Waals surface area contributed by atoms with Crippen molar-refractivity contribution in [2.24, 2.45) is 0 Å². The lowest BCUT2D eigenvalue weighted by Crippen LogP contribution is -2.08. The van der Waals surface area contributed by atoms with Crippen molar-refractivity contribution in [2.75, 3.05) is 0 Å². The minimum Gasteiger partial charge on any atom is -0.329 e. The maximum absolute atomic E-state index is 6.29. The average molecular weight is 282 g/mol. The van der Waals surface area contributed by atoms with Crippen molar-refractivity contribution in [3.8, 4) is 0 Å². The lowest BCUT2D eigenvalue weighted by atomic mass is 10.1. The molecule has 3 nitrogen and oxygen atoms in total. The maximum Gasteiger partial charge on any atom is 0.178 e. The Bertz CT molecular complexity index is 608. The second kappa shape index (κ2) is 5.02. The molecule has 0 bridgehead atoms. The van der Waals surface area contributed by atoms with Gasteiger partial charge in [0.15, 0.2) is 4.77 Å². The summed E-state index contributed by atoms with van der Waals surface area (Å²) in [5.74, 6) is 0. The van der Waals surface area contributed by atoms with Crippen LogP contribution in [0.15, 0.2) is 12.4 Å². The Kier molecular flexibility index (Phi) is 3.39. The normalized spacial score (nSPS) is 18.1. The second-order valence-corrected chi connectivity index (χ2v) is 5.76. The summed E-state index contributed by atoms with van der Waals surface area (Å²) in [6.07, 6.45) is 11.1. The molecule has 0 aromatic carbocycles. The van der Waals surface area contributed by atoms with E-state index < -0.39 is 0 Å². The summed E-state index contributed by atoms with van der Waals surface area (Å²) < 4.78 is 2.98. The summed E-state index contributed by atoms with van der Waals surface area (Å²) in [7, 11) is 0. The molecular formula is C13H16ClN3S. The minimum absolute atomic E-state index is 0.480. The van der Waals surface area contributed by atoms with Gasteiger partial charge in [0.25, 0.3) is 0 Å². The summed E-state index contributed by atoms with van der Waals surface area (Å²) in [6.45, 7) is 0. The smallest absolute Gasteiger partial charge is 0.178 e. The maximum atomic E-state index is 6.29. The van der Waals surface area contributed by atoms with Gasteiger partial charge in [0.2, 0.25) is 0 Å². The molecule has 0 saturated heterocycles. The number of fused-ring (bicyclic) bond motifs is 1. The first kappa shape index (κ1) is 12.2. The standard InChI is InChI=1S/C13H16ClN3S/c14-10-7-15-8-11-12(10)17(13(18)16-11)9-5-3-1-2-4-6-9/h7-9H,1-6H2,(H,16,18). The van der Waals surface area contributed by atoms with Crippen LogP contribution >= 0.6 is 23.8 Å². The zero-order valence-electron chi connectivity index (χ0n) is 10.2. The van der Waals surface area contributed by atoms with Crippen LogP contribution in [0, 0.1) is 4.77 Å². The third-order valence-corrected chi connectivity index (χ3v) is 4.34. The van der Waals surface area contributed by atoms with Crippen LogP contribution in [-0.4, -0.2) is 14.5 Å². The molecule has 18 heavy (non-hydrogen) atoms. The number of nitrogens with one attached hydrogen (secondary N) is 1. The van der Waals surface area contributed by atoms with Gasteiger partial charge in [-0.1, -0.05) is 37.3 Å². The molecule has 1 aliphatic carbocycles. The molecule has 1 saturated carbocycles. The number of halogens is 1. The Morgan fingerprint density at radius 1 is 1.22 bits per heavy atom. The molecular weight excluding hydrogens is 266 g/mol. The largest absolute Gasteiger partial charge is 0.329 e. The van der Waals surface area contributed by atoms with Crippen LogP contribution in [0.25, 0.3) is 11.0 Å². The van der Waals surface area contributed by atoms with Crippen molar-refractivity contribution in [3.05, 3.63) is 22.2 Å². The van der Waals surface area contributed by atoms with Crippen molar-refractivity contribution >= 4 is 34.9 Å². The fraction of sp³-hybridized carbons (Fsp3) is 0.538. The Hall–Kier alpha value is -0.870. The highest BCUT2D eigenvalue weighted by atomic mass is 35.5. The Labute approximate surface area is 116 Å². The van der Waals surface area contributed by atoms with E-state index in [4.69, 9.17) is 23.8 Å². The van der Waals surface area contributed by atoms with Crippen LogP contribution in [0.3, 0.4) is 0 Å². The fourth-order valence-corrected chi connectivity index (χ4v) is 3.51. The number of hydrogen-bond acceptors (Lipinski definition) is 2. The van der Waals surface area contributed by atoms with Crippen LogP contribution in [0.5, 0.6) is 0 Å². The lowest BCUT2D eigenvalue weighted by Gasteiger charge is -2.17. The second-order valence-electron chi connectivity index (χ2n) is 4.96. The molecule has 3 rings (SSSR count). The number of imidazole rings is 1. The van der Waals surface area contributed by atoms with E-state index in [1.165, 1.54) is 38.5 Å². The number of aromatic nitrogens is 3. The predicted octanol–water partition coefficient (Wildman–Crippen LogP) is 4.64. The van der Waals surface area contributed by atoms with Crippen LogP contribution in [0.2, 0.25) is 5.02 Å². The Balaban J connectivity index is 2.15. The summed E-state index contributed by atoms with van der Waals surface area (Å²) in [5, 5.41) is 0.684. The number of H-pyrrole nitrogens is 1. The van der Waals surface area contributed by atoms with Crippen molar-refractivity contribution < 1.29 is 0 Å². The first-order valence-electron chi connectivity index (χ1n) is 6.51. The molecule has 0 radical (unpaired) electrons. The highest BCUT2D eigenvalue weighted by Gasteiger charge is 2.19. The molecule has 1 N–H and O–H groups in total. The van der Waals surface area contributed by atoms with E-state index in [-0.39, 0.29) is 0 Å². The quantitative estimate of drug-likeness (QED) is 0.610. The summed E-state index contributed by atoms with van der Waals surface area (Å²) in [5.41, 5.74) is 1.96. The number of hydrogen-bond donors (Lipinski definition) is 1. The monoisotopic (exact) mass is 281 g/mol. The first-order valence-corrected chi connectivity index (χ1v) is 7.29. The molecule has 5 heteroatoms. The van der Waals surface area contributed by atoms with Gasteiger partial charge in [0.1, 0.15) is 0 Å². The van der Waals surface area contributed by atoms with E-state index in [0.717, 1.165) is 15.8 Å². The Morgan fingerprint density at radius 2 is 1.94 bits per heavy atom. The number of rotatable bonds is 1.